The lowest BCUT2D eigenvalue weighted by Gasteiger charge is -2.06. The van der Waals surface area contributed by atoms with Gasteiger partial charge in [0.25, 0.3) is 0 Å². The van der Waals surface area contributed by atoms with Gasteiger partial charge in [-0.3, -0.25) is 9.48 Å². The molecule has 1 N–H and O–H groups in total. The van der Waals surface area contributed by atoms with E-state index in [9.17, 15) is 4.79 Å². The Balaban J connectivity index is 1.35. The third-order valence-corrected chi connectivity index (χ3v) is 7.01. The molecule has 0 spiro atoms. The van der Waals surface area contributed by atoms with Gasteiger partial charge in [-0.15, -0.1) is 11.3 Å². The smallest absolute Gasteiger partial charge is 0.247 e. The summed E-state index contributed by atoms with van der Waals surface area (Å²) in [6.07, 6.45) is 3.56. The number of benzene rings is 1. The third-order valence-electron chi connectivity index (χ3n) is 5.15. The van der Waals surface area contributed by atoms with Crippen LogP contribution in [0.5, 0.6) is 0 Å². The number of aryl methyl sites for hydroxylation is 1. The van der Waals surface area contributed by atoms with Crippen LogP contribution in [-0.4, -0.2) is 30.5 Å². The quantitative estimate of drug-likeness (QED) is 0.296. The molecule has 7 nitrogen and oxygen atoms in total. The molecule has 4 aromatic heterocycles. The summed E-state index contributed by atoms with van der Waals surface area (Å²) in [6, 6.07) is 13.7. The lowest BCUT2D eigenvalue weighted by atomic mass is 10.1. The first-order valence-electron chi connectivity index (χ1n) is 10.1. The normalized spacial score (nSPS) is 11.2. The summed E-state index contributed by atoms with van der Waals surface area (Å²) in [5, 5.41) is 15.6. The fourth-order valence-electron chi connectivity index (χ4n) is 3.70. The molecule has 166 valence electrons. The van der Waals surface area contributed by atoms with Crippen LogP contribution in [0.2, 0.25) is 5.02 Å². The second-order valence-corrected chi connectivity index (χ2v) is 9.65. The van der Waals surface area contributed by atoms with E-state index in [-0.39, 0.29) is 12.5 Å². The Morgan fingerprint density at radius 2 is 2.03 bits per heavy atom. The molecule has 0 atom stereocenters. The van der Waals surface area contributed by atoms with Gasteiger partial charge in [0.05, 0.1) is 22.1 Å². The van der Waals surface area contributed by atoms with Crippen molar-refractivity contribution in [3.05, 3.63) is 81.0 Å². The highest BCUT2D eigenvalue weighted by atomic mass is 79.9. The first-order valence-corrected chi connectivity index (χ1v) is 12.2. The van der Waals surface area contributed by atoms with Crippen molar-refractivity contribution in [2.24, 2.45) is 0 Å². The van der Waals surface area contributed by atoms with Crippen LogP contribution in [0, 0.1) is 6.92 Å². The van der Waals surface area contributed by atoms with E-state index in [1.165, 1.54) is 0 Å². The molecule has 0 saturated carbocycles. The van der Waals surface area contributed by atoms with Gasteiger partial charge in [0.2, 0.25) is 5.91 Å². The van der Waals surface area contributed by atoms with E-state index < -0.39 is 0 Å². The highest BCUT2D eigenvalue weighted by Crippen LogP contribution is 2.32. The van der Waals surface area contributed by atoms with E-state index in [1.54, 1.807) is 33.1 Å². The van der Waals surface area contributed by atoms with Gasteiger partial charge in [-0.25, -0.2) is 9.67 Å². The van der Waals surface area contributed by atoms with Crippen molar-refractivity contribution in [3.8, 4) is 10.4 Å². The van der Waals surface area contributed by atoms with Crippen molar-refractivity contribution in [1.29, 1.82) is 0 Å². The minimum atomic E-state index is -0.244. The zero-order valence-corrected chi connectivity index (χ0v) is 20.7. The number of aromatic nitrogens is 5. The van der Waals surface area contributed by atoms with Gasteiger partial charge in [-0.2, -0.15) is 10.2 Å². The number of anilines is 1. The Morgan fingerprint density at radius 1 is 1.18 bits per heavy atom. The van der Waals surface area contributed by atoms with Gasteiger partial charge in [0.15, 0.2) is 11.5 Å². The maximum atomic E-state index is 12.8. The molecule has 10 heteroatoms. The topological polar surface area (TPSA) is 77.6 Å². The number of fused-ring (bicyclic) bond motifs is 1. The summed E-state index contributed by atoms with van der Waals surface area (Å²) >= 11 is 11.4. The van der Waals surface area contributed by atoms with Crippen molar-refractivity contribution in [3.63, 3.8) is 0 Å². The van der Waals surface area contributed by atoms with Crippen molar-refractivity contribution in [2.45, 2.75) is 20.0 Å². The Morgan fingerprint density at radius 3 is 2.82 bits per heavy atom. The number of carbonyl (C=O) groups excluding carboxylic acids is 1. The SMILES string of the molecule is Cc1nn(CC(=O)Nc2nn(Cc3ccccc3Cl)cc2Br)c2nccc(-c3cccs3)c12. The van der Waals surface area contributed by atoms with Crippen LogP contribution in [0.4, 0.5) is 5.82 Å². The van der Waals surface area contributed by atoms with E-state index >= 15 is 0 Å². The maximum absolute atomic E-state index is 12.8. The number of rotatable bonds is 6. The predicted octanol–water partition coefficient (Wildman–Crippen LogP) is 5.77. The molecule has 33 heavy (non-hydrogen) atoms. The first-order chi connectivity index (χ1) is 16.0. The fraction of sp³-hybridized carbons (Fsp3) is 0.130. The second kappa shape index (κ2) is 9.09. The summed E-state index contributed by atoms with van der Waals surface area (Å²) in [4.78, 5) is 18.5. The minimum absolute atomic E-state index is 0.0229. The number of hydrogen-bond acceptors (Lipinski definition) is 5. The molecule has 5 aromatic rings. The number of halogens is 2. The average molecular weight is 542 g/mol. The lowest BCUT2D eigenvalue weighted by Crippen LogP contribution is -2.20. The molecule has 0 aliphatic heterocycles. The number of nitrogens with zero attached hydrogens (tertiary/aromatic N) is 5. The molecular weight excluding hydrogens is 524 g/mol. The van der Waals surface area contributed by atoms with Crippen molar-refractivity contribution in [1.82, 2.24) is 24.5 Å². The molecular formula is C23H18BrClN6OS. The maximum Gasteiger partial charge on any atom is 0.247 e. The summed E-state index contributed by atoms with van der Waals surface area (Å²) < 4.78 is 4.04. The molecule has 0 bridgehead atoms. The van der Waals surface area contributed by atoms with Gasteiger partial charge < -0.3 is 5.32 Å². The van der Waals surface area contributed by atoms with Crippen LogP contribution in [0.15, 0.2) is 64.7 Å². The van der Waals surface area contributed by atoms with Gasteiger partial charge in [-0.05, 0) is 52.0 Å². The standard InChI is InChI=1S/C23H18BrClN6OS/c1-14-21-16(19-7-4-10-33-19)8-9-26-23(21)31(28-14)13-20(32)27-22-17(24)12-30(29-22)11-15-5-2-3-6-18(15)25/h2-10,12H,11,13H2,1H3,(H,27,29,32). The molecule has 1 amide bonds. The summed E-state index contributed by atoms with van der Waals surface area (Å²) in [7, 11) is 0. The number of amides is 1. The van der Waals surface area contributed by atoms with E-state index in [4.69, 9.17) is 11.6 Å². The summed E-state index contributed by atoms with van der Waals surface area (Å²) in [5.74, 6) is 0.193. The molecule has 0 aliphatic rings. The number of hydrogen-bond donors (Lipinski definition) is 1. The highest BCUT2D eigenvalue weighted by Gasteiger charge is 2.18. The first kappa shape index (κ1) is 21.8. The van der Waals surface area contributed by atoms with Crippen LogP contribution in [0.1, 0.15) is 11.3 Å². The van der Waals surface area contributed by atoms with E-state index in [0.717, 1.165) is 27.1 Å². The number of carbonyl (C=O) groups is 1. The van der Waals surface area contributed by atoms with Crippen LogP contribution < -0.4 is 5.32 Å². The summed E-state index contributed by atoms with van der Waals surface area (Å²) in [6.45, 7) is 2.45. The molecule has 4 heterocycles. The Kier molecular flexibility index (Phi) is 6.01. The Labute approximate surface area is 207 Å². The van der Waals surface area contributed by atoms with Gasteiger partial charge >= 0.3 is 0 Å². The fourth-order valence-corrected chi connectivity index (χ4v) is 5.07. The molecule has 5 rings (SSSR count). The van der Waals surface area contributed by atoms with Gasteiger partial charge in [0, 0.05) is 27.9 Å². The van der Waals surface area contributed by atoms with Crippen molar-refractivity contribution >= 4 is 61.6 Å². The minimum Gasteiger partial charge on any atom is -0.307 e. The van der Waals surface area contributed by atoms with Gasteiger partial charge in [-0.1, -0.05) is 35.9 Å². The highest BCUT2D eigenvalue weighted by molar-refractivity contribution is 9.10. The largest absolute Gasteiger partial charge is 0.307 e. The van der Waals surface area contributed by atoms with Crippen LogP contribution >= 0.6 is 38.9 Å². The predicted molar refractivity (Wildman–Crippen MR) is 135 cm³/mol. The zero-order valence-electron chi connectivity index (χ0n) is 17.5. The second-order valence-electron chi connectivity index (χ2n) is 7.44. The molecule has 0 saturated heterocycles. The Bertz CT molecular complexity index is 1460. The molecule has 1 aromatic carbocycles. The van der Waals surface area contributed by atoms with E-state index in [2.05, 4.69) is 42.5 Å². The molecule has 0 unspecified atom stereocenters. The van der Waals surface area contributed by atoms with E-state index in [0.29, 0.717) is 27.5 Å². The van der Waals surface area contributed by atoms with Crippen LogP contribution in [-0.2, 0) is 17.9 Å². The Hall–Kier alpha value is -3.01. The average Bonchev–Trinajstić information content (AvgIpc) is 3.51. The van der Waals surface area contributed by atoms with Crippen LogP contribution in [0.3, 0.4) is 0 Å². The van der Waals surface area contributed by atoms with Crippen molar-refractivity contribution < 1.29 is 4.79 Å². The molecule has 0 aliphatic carbocycles. The van der Waals surface area contributed by atoms with E-state index in [1.807, 2.05) is 48.7 Å². The zero-order chi connectivity index (χ0) is 22.9. The van der Waals surface area contributed by atoms with Gasteiger partial charge in [0.1, 0.15) is 6.54 Å². The lowest BCUT2D eigenvalue weighted by molar-refractivity contribution is -0.116. The number of nitrogens with one attached hydrogen (secondary N) is 1. The number of thiophene rings is 1. The third kappa shape index (κ3) is 4.44. The number of pyridine rings is 1. The van der Waals surface area contributed by atoms with Crippen LogP contribution in [0.25, 0.3) is 21.5 Å². The molecule has 0 fully saturated rings. The van der Waals surface area contributed by atoms with Crippen molar-refractivity contribution in [2.75, 3.05) is 5.32 Å². The monoisotopic (exact) mass is 540 g/mol. The molecule has 0 radical (unpaired) electrons. The summed E-state index contributed by atoms with van der Waals surface area (Å²) in [5.41, 5.74) is 3.52.